The monoisotopic (exact) mass is 332 g/mol. The minimum Gasteiger partial charge on any atom is -0.387 e. The van der Waals surface area contributed by atoms with E-state index in [1.54, 1.807) is 0 Å². The minimum atomic E-state index is -0.411. The third kappa shape index (κ3) is 1.16. The molecule has 0 spiro atoms. The molecule has 0 aliphatic heterocycles. The minimum absolute atomic E-state index is 0.143. The first kappa shape index (κ1) is 13.1. The van der Waals surface area contributed by atoms with E-state index in [1.807, 2.05) is 18.2 Å². The Kier molecular flexibility index (Phi) is 2.61. The first-order chi connectivity index (χ1) is 9.60. The summed E-state index contributed by atoms with van der Waals surface area (Å²) in [6.45, 7) is 2.38. The van der Waals surface area contributed by atoms with Crippen LogP contribution in [0.25, 0.3) is 0 Å². The van der Waals surface area contributed by atoms with Crippen molar-refractivity contribution in [2.24, 2.45) is 16.7 Å². The Morgan fingerprint density at radius 3 is 2.60 bits per heavy atom. The zero-order chi connectivity index (χ0) is 14.0. The quantitative estimate of drug-likeness (QED) is 0.618. The highest BCUT2D eigenvalue weighted by atomic mass is 79.9. The molecule has 0 radical (unpaired) electrons. The Balaban J connectivity index is 1.79. The molecule has 0 heterocycles. The van der Waals surface area contributed by atoms with Crippen LogP contribution in [-0.2, 0) is 0 Å². The van der Waals surface area contributed by atoms with Crippen LogP contribution in [0.4, 0.5) is 0 Å². The van der Waals surface area contributed by atoms with Gasteiger partial charge in [0.2, 0.25) is 0 Å². The van der Waals surface area contributed by atoms with Crippen molar-refractivity contribution in [2.45, 2.75) is 43.0 Å². The fourth-order valence-electron chi connectivity index (χ4n) is 5.62. The fourth-order valence-corrected chi connectivity index (χ4v) is 7.44. The topological polar surface area (TPSA) is 20.2 Å². The van der Waals surface area contributed by atoms with Crippen LogP contribution in [0.5, 0.6) is 0 Å². The van der Waals surface area contributed by atoms with E-state index in [2.05, 4.69) is 47.1 Å². The highest BCUT2D eigenvalue weighted by molar-refractivity contribution is 9.10. The first-order valence-corrected chi connectivity index (χ1v) is 8.46. The Bertz CT molecular complexity index is 568. The van der Waals surface area contributed by atoms with Gasteiger partial charge in [-0.05, 0) is 37.2 Å². The van der Waals surface area contributed by atoms with E-state index in [4.69, 9.17) is 0 Å². The van der Waals surface area contributed by atoms with Gasteiger partial charge in [0, 0.05) is 10.8 Å². The van der Waals surface area contributed by atoms with E-state index in [9.17, 15) is 5.11 Å². The normalized spacial score (nSPS) is 46.6. The fraction of sp³-hybridized carbons (Fsp3) is 0.556. The number of alkyl halides is 1. The molecular formula is C18H21BrO. The van der Waals surface area contributed by atoms with Gasteiger partial charge in [-0.2, -0.15) is 0 Å². The van der Waals surface area contributed by atoms with Crippen LogP contribution in [0.3, 0.4) is 0 Å². The summed E-state index contributed by atoms with van der Waals surface area (Å²) in [4.78, 5) is 0. The molecule has 2 saturated carbocycles. The van der Waals surface area contributed by atoms with Gasteiger partial charge in [-0.1, -0.05) is 65.3 Å². The SMILES string of the molecule is C[C@H]1CC[C@@]23CC=CC[C@@]12C3(Br)C(O)c1ccccc1. The molecule has 5 atom stereocenters. The molecule has 2 heteroatoms. The lowest BCUT2D eigenvalue weighted by Crippen LogP contribution is -2.28. The molecule has 2 fully saturated rings. The molecule has 0 aromatic heterocycles. The number of aliphatic hydroxyl groups excluding tert-OH is 1. The predicted molar refractivity (Wildman–Crippen MR) is 84.7 cm³/mol. The molecule has 1 N–H and O–H groups in total. The summed E-state index contributed by atoms with van der Waals surface area (Å²) in [7, 11) is 0. The highest BCUT2D eigenvalue weighted by Gasteiger charge is 2.90. The van der Waals surface area contributed by atoms with E-state index in [0.717, 1.165) is 18.4 Å². The van der Waals surface area contributed by atoms with Gasteiger partial charge >= 0.3 is 0 Å². The van der Waals surface area contributed by atoms with Crippen molar-refractivity contribution in [3.8, 4) is 0 Å². The lowest BCUT2D eigenvalue weighted by Gasteiger charge is -2.29. The second kappa shape index (κ2) is 3.98. The van der Waals surface area contributed by atoms with E-state index < -0.39 is 6.10 Å². The van der Waals surface area contributed by atoms with Gasteiger partial charge < -0.3 is 5.11 Å². The Hall–Kier alpha value is -0.600. The third-order valence-electron chi connectivity index (χ3n) is 6.55. The number of allylic oxidation sites excluding steroid dienone is 2. The molecule has 20 heavy (non-hydrogen) atoms. The Labute approximate surface area is 129 Å². The maximum absolute atomic E-state index is 11.1. The van der Waals surface area contributed by atoms with Crippen molar-refractivity contribution in [2.75, 3.05) is 0 Å². The number of halogens is 1. The Morgan fingerprint density at radius 2 is 1.90 bits per heavy atom. The van der Waals surface area contributed by atoms with Crippen molar-refractivity contribution < 1.29 is 5.11 Å². The molecular weight excluding hydrogens is 312 g/mol. The van der Waals surface area contributed by atoms with Crippen LogP contribution in [-0.4, -0.2) is 9.43 Å². The van der Waals surface area contributed by atoms with Gasteiger partial charge in [0.25, 0.3) is 0 Å². The first-order valence-electron chi connectivity index (χ1n) is 7.67. The zero-order valence-electron chi connectivity index (χ0n) is 11.8. The van der Waals surface area contributed by atoms with Crippen LogP contribution in [0.15, 0.2) is 42.5 Å². The summed E-state index contributed by atoms with van der Waals surface area (Å²) in [6, 6.07) is 10.2. The number of aliphatic hydroxyl groups is 1. The molecule has 1 nitrogen and oxygen atoms in total. The maximum atomic E-state index is 11.1. The number of benzene rings is 1. The van der Waals surface area contributed by atoms with E-state index in [0.29, 0.717) is 5.92 Å². The van der Waals surface area contributed by atoms with Gasteiger partial charge in [-0.25, -0.2) is 0 Å². The summed E-state index contributed by atoms with van der Waals surface area (Å²) >= 11 is 4.06. The van der Waals surface area contributed by atoms with Gasteiger partial charge in [-0.3, -0.25) is 0 Å². The molecule has 0 saturated heterocycles. The van der Waals surface area contributed by atoms with Crippen LogP contribution < -0.4 is 0 Å². The number of hydrogen-bond donors (Lipinski definition) is 1. The summed E-state index contributed by atoms with van der Waals surface area (Å²) in [5.41, 5.74) is 1.57. The summed E-state index contributed by atoms with van der Waals surface area (Å²) in [5.74, 6) is 0.685. The Morgan fingerprint density at radius 1 is 1.20 bits per heavy atom. The predicted octanol–water partition coefficient (Wildman–Crippen LogP) is 4.62. The average molecular weight is 333 g/mol. The molecule has 0 bridgehead atoms. The molecule has 3 aliphatic carbocycles. The highest BCUT2D eigenvalue weighted by Crippen LogP contribution is 2.91. The second-order valence-electron chi connectivity index (χ2n) is 6.90. The van der Waals surface area contributed by atoms with Crippen molar-refractivity contribution in [3.63, 3.8) is 0 Å². The molecule has 4 rings (SSSR count). The van der Waals surface area contributed by atoms with E-state index in [-0.39, 0.29) is 15.2 Å². The van der Waals surface area contributed by atoms with Crippen LogP contribution in [0, 0.1) is 16.7 Å². The van der Waals surface area contributed by atoms with Crippen LogP contribution in [0.2, 0.25) is 0 Å². The zero-order valence-corrected chi connectivity index (χ0v) is 13.4. The van der Waals surface area contributed by atoms with E-state index in [1.165, 1.54) is 12.8 Å². The summed E-state index contributed by atoms with van der Waals surface area (Å²) in [6.07, 6.45) is 9.03. The number of rotatable bonds is 2. The smallest absolute Gasteiger partial charge is 0.0954 e. The summed E-state index contributed by atoms with van der Waals surface area (Å²) in [5, 5.41) is 11.1. The van der Waals surface area contributed by atoms with Gasteiger partial charge in [-0.15, -0.1) is 0 Å². The lowest BCUT2D eigenvalue weighted by atomic mass is 9.81. The molecule has 0 amide bonds. The van der Waals surface area contributed by atoms with Crippen LogP contribution in [0.1, 0.15) is 44.3 Å². The molecule has 106 valence electrons. The molecule has 1 aromatic carbocycles. The van der Waals surface area contributed by atoms with Crippen molar-refractivity contribution >= 4 is 15.9 Å². The van der Waals surface area contributed by atoms with Gasteiger partial charge in [0.05, 0.1) is 10.4 Å². The summed E-state index contributed by atoms with van der Waals surface area (Å²) < 4.78 is -0.143. The lowest BCUT2D eigenvalue weighted by molar-refractivity contribution is 0.131. The van der Waals surface area contributed by atoms with Crippen LogP contribution >= 0.6 is 15.9 Å². The van der Waals surface area contributed by atoms with Crippen molar-refractivity contribution in [3.05, 3.63) is 48.0 Å². The molecule has 3 aliphatic rings. The molecule has 2 unspecified atom stereocenters. The number of hydrogen-bond acceptors (Lipinski definition) is 1. The maximum Gasteiger partial charge on any atom is 0.0954 e. The van der Waals surface area contributed by atoms with Gasteiger partial charge in [0.1, 0.15) is 0 Å². The largest absolute Gasteiger partial charge is 0.387 e. The van der Waals surface area contributed by atoms with Crippen molar-refractivity contribution in [1.82, 2.24) is 0 Å². The standard InChI is InChI=1S/C18H21BrO/c1-13-9-12-16-10-5-6-11-17(13,16)18(16,19)15(20)14-7-3-2-4-8-14/h2-8,13,15,20H,9-12H2,1H3/t13-,15?,16-,17+,18?/m0/s1. The van der Waals surface area contributed by atoms with Crippen molar-refractivity contribution in [1.29, 1.82) is 0 Å². The van der Waals surface area contributed by atoms with E-state index >= 15 is 0 Å². The average Bonchev–Trinajstić information content (AvgIpc) is 2.82. The molecule has 1 aromatic rings. The van der Waals surface area contributed by atoms with Gasteiger partial charge in [0.15, 0.2) is 0 Å². The third-order valence-corrected chi connectivity index (χ3v) is 8.45. The second-order valence-corrected chi connectivity index (χ2v) is 8.15.